The molecule has 0 bridgehead atoms. The predicted octanol–water partition coefficient (Wildman–Crippen LogP) is 2.10. The minimum atomic E-state index is 0.628. The first-order valence-corrected chi connectivity index (χ1v) is 6.00. The number of hydrogen-bond acceptors (Lipinski definition) is 2. The highest BCUT2D eigenvalue weighted by Crippen LogP contribution is 2.25. The average molecular weight is 198 g/mol. The van der Waals surface area contributed by atoms with Gasteiger partial charge in [0.15, 0.2) is 0 Å². The highest BCUT2D eigenvalue weighted by Gasteiger charge is 2.25. The van der Waals surface area contributed by atoms with Crippen molar-refractivity contribution in [1.29, 1.82) is 0 Å². The highest BCUT2D eigenvalue weighted by molar-refractivity contribution is 4.83. The highest BCUT2D eigenvalue weighted by atomic mass is 15.1. The second-order valence-electron chi connectivity index (χ2n) is 5.23. The molecular formula is C12H26N2. The molecule has 1 saturated carbocycles. The SMILES string of the molecule is CC(C)NC1CCCCC1CN(C)C. The largest absolute Gasteiger partial charge is 0.311 e. The summed E-state index contributed by atoms with van der Waals surface area (Å²) in [5.74, 6) is 0.862. The normalized spacial score (nSPS) is 28.7. The van der Waals surface area contributed by atoms with Crippen LogP contribution in [0.4, 0.5) is 0 Å². The minimum Gasteiger partial charge on any atom is -0.311 e. The van der Waals surface area contributed by atoms with Crippen LogP contribution in [0.15, 0.2) is 0 Å². The second-order valence-corrected chi connectivity index (χ2v) is 5.23. The second kappa shape index (κ2) is 5.72. The Hall–Kier alpha value is -0.0800. The Kier molecular flexibility index (Phi) is 4.90. The molecule has 1 N–H and O–H groups in total. The van der Waals surface area contributed by atoms with E-state index in [0.29, 0.717) is 6.04 Å². The molecule has 2 unspecified atom stereocenters. The third kappa shape index (κ3) is 3.97. The standard InChI is InChI=1S/C12H26N2/c1-10(2)13-12-8-6-5-7-11(12)9-14(3)4/h10-13H,5-9H2,1-4H3. The van der Waals surface area contributed by atoms with Crippen LogP contribution in [0.1, 0.15) is 39.5 Å². The van der Waals surface area contributed by atoms with E-state index in [9.17, 15) is 0 Å². The van der Waals surface area contributed by atoms with E-state index in [1.165, 1.54) is 32.2 Å². The zero-order chi connectivity index (χ0) is 10.6. The summed E-state index contributed by atoms with van der Waals surface area (Å²) in [4.78, 5) is 2.32. The molecule has 0 aromatic rings. The lowest BCUT2D eigenvalue weighted by Gasteiger charge is -2.35. The van der Waals surface area contributed by atoms with Crippen LogP contribution in [0.3, 0.4) is 0 Å². The molecule has 2 nitrogen and oxygen atoms in total. The summed E-state index contributed by atoms with van der Waals surface area (Å²) in [6.07, 6.45) is 5.61. The monoisotopic (exact) mass is 198 g/mol. The fraction of sp³-hybridized carbons (Fsp3) is 1.00. The Morgan fingerprint density at radius 3 is 2.43 bits per heavy atom. The molecule has 0 aromatic carbocycles. The molecule has 1 fully saturated rings. The van der Waals surface area contributed by atoms with Gasteiger partial charge in [-0.2, -0.15) is 0 Å². The third-order valence-electron chi connectivity index (χ3n) is 3.06. The van der Waals surface area contributed by atoms with Crippen molar-refractivity contribution in [1.82, 2.24) is 10.2 Å². The van der Waals surface area contributed by atoms with Crippen molar-refractivity contribution in [2.45, 2.75) is 51.6 Å². The van der Waals surface area contributed by atoms with E-state index >= 15 is 0 Å². The van der Waals surface area contributed by atoms with E-state index in [1.807, 2.05) is 0 Å². The fourth-order valence-electron chi connectivity index (χ4n) is 2.54. The summed E-state index contributed by atoms with van der Waals surface area (Å²) in [7, 11) is 4.36. The lowest BCUT2D eigenvalue weighted by Crippen LogP contribution is -2.45. The van der Waals surface area contributed by atoms with E-state index in [0.717, 1.165) is 12.0 Å². The van der Waals surface area contributed by atoms with Gasteiger partial charge in [-0.15, -0.1) is 0 Å². The van der Waals surface area contributed by atoms with E-state index < -0.39 is 0 Å². The molecule has 1 aliphatic rings. The topological polar surface area (TPSA) is 15.3 Å². The van der Waals surface area contributed by atoms with Crippen molar-refractivity contribution in [2.24, 2.45) is 5.92 Å². The number of nitrogens with one attached hydrogen (secondary N) is 1. The van der Waals surface area contributed by atoms with Crippen molar-refractivity contribution in [3.05, 3.63) is 0 Å². The van der Waals surface area contributed by atoms with Crippen molar-refractivity contribution >= 4 is 0 Å². The number of nitrogens with zero attached hydrogens (tertiary/aromatic N) is 1. The van der Waals surface area contributed by atoms with Crippen LogP contribution < -0.4 is 5.32 Å². The first kappa shape index (κ1) is 12.0. The van der Waals surface area contributed by atoms with Gasteiger partial charge in [-0.3, -0.25) is 0 Å². The Balaban J connectivity index is 2.41. The molecule has 0 saturated heterocycles. The van der Waals surface area contributed by atoms with Crippen LogP contribution in [0, 0.1) is 5.92 Å². The zero-order valence-corrected chi connectivity index (χ0v) is 10.2. The Bertz CT molecular complexity index is 136. The lowest BCUT2D eigenvalue weighted by molar-refractivity contribution is 0.200. The van der Waals surface area contributed by atoms with Crippen molar-refractivity contribution in [3.63, 3.8) is 0 Å². The van der Waals surface area contributed by atoms with Crippen LogP contribution >= 0.6 is 0 Å². The summed E-state index contributed by atoms with van der Waals surface area (Å²) in [6, 6.07) is 1.38. The fourth-order valence-corrected chi connectivity index (χ4v) is 2.54. The van der Waals surface area contributed by atoms with Gasteiger partial charge in [0.25, 0.3) is 0 Å². The van der Waals surface area contributed by atoms with E-state index in [4.69, 9.17) is 0 Å². The molecule has 0 spiro atoms. The van der Waals surface area contributed by atoms with Gasteiger partial charge in [-0.05, 0) is 32.9 Å². The van der Waals surface area contributed by atoms with Crippen molar-refractivity contribution in [3.8, 4) is 0 Å². The maximum Gasteiger partial charge on any atom is 0.0110 e. The predicted molar refractivity (Wildman–Crippen MR) is 62.6 cm³/mol. The van der Waals surface area contributed by atoms with Crippen LogP contribution in [-0.4, -0.2) is 37.6 Å². The van der Waals surface area contributed by atoms with E-state index in [1.54, 1.807) is 0 Å². The Morgan fingerprint density at radius 1 is 1.21 bits per heavy atom. The summed E-state index contributed by atoms with van der Waals surface area (Å²) in [6.45, 7) is 5.74. The van der Waals surface area contributed by atoms with Crippen molar-refractivity contribution in [2.75, 3.05) is 20.6 Å². The molecular weight excluding hydrogens is 172 g/mol. The summed E-state index contributed by atoms with van der Waals surface area (Å²) >= 11 is 0. The van der Waals surface area contributed by atoms with Crippen LogP contribution in [-0.2, 0) is 0 Å². The van der Waals surface area contributed by atoms with Gasteiger partial charge in [0, 0.05) is 18.6 Å². The quantitative estimate of drug-likeness (QED) is 0.744. The molecule has 1 aliphatic carbocycles. The van der Waals surface area contributed by atoms with Gasteiger partial charge in [0.05, 0.1) is 0 Å². The van der Waals surface area contributed by atoms with E-state index in [2.05, 4.69) is 38.2 Å². The molecule has 0 aromatic heterocycles. The number of hydrogen-bond donors (Lipinski definition) is 1. The maximum atomic E-state index is 3.71. The molecule has 1 rings (SSSR count). The van der Waals surface area contributed by atoms with Crippen LogP contribution in [0.5, 0.6) is 0 Å². The van der Waals surface area contributed by atoms with Gasteiger partial charge in [-0.1, -0.05) is 26.7 Å². The molecule has 84 valence electrons. The van der Waals surface area contributed by atoms with Gasteiger partial charge in [0.1, 0.15) is 0 Å². The van der Waals surface area contributed by atoms with E-state index in [-0.39, 0.29) is 0 Å². The zero-order valence-electron chi connectivity index (χ0n) is 10.2. The molecule has 2 heteroatoms. The van der Waals surface area contributed by atoms with Gasteiger partial charge < -0.3 is 10.2 Å². The summed E-state index contributed by atoms with van der Waals surface area (Å²) in [5.41, 5.74) is 0. The smallest absolute Gasteiger partial charge is 0.0110 e. The van der Waals surface area contributed by atoms with Crippen LogP contribution in [0.2, 0.25) is 0 Å². The van der Waals surface area contributed by atoms with Gasteiger partial charge >= 0.3 is 0 Å². The van der Waals surface area contributed by atoms with Gasteiger partial charge in [-0.25, -0.2) is 0 Å². The molecule has 0 heterocycles. The Morgan fingerprint density at radius 2 is 1.86 bits per heavy atom. The lowest BCUT2D eigenvalue weighted by atomic mass is 9.84. The Labute approximate surface area is 89.1 Å². The molecule has 2 atom stereocenters. The molecule has 14 heavy (non-hydrogen) atoms. The molecule has 0 radical (unpaired) electrons. The summed E-state index contributed by atoms with van der Waals surface area (Å²) < 4.78 is 0. The summed E-state index contributed by atoms with van der Waals surface area (Å²) in [5, 5.41) is 3.71. The number of rotatable bonds is 4. The molecule has 0 aliphatic heterocycles. The first-order valence-electron chi connectivity index (χ1n) is 6.00. The average Bonchev–Trinajstić information content (AvgIpc) is 2.06. The maximum absolute atomic E-state index is 3.71. The third-order valence-corrected chi connectivity index (χ3v) is 3.06. The van der Waals surface area contributed by atoms with Gasteiger partial charge in [0.2, 0.25) is 0 Å². The molecule has 0 amide bonds. The van der Waals surface area contributed by atoms with Crippen molar-refractivity contribution < 1.29 is 0 Å². The van der Waals surface area contributed by atoms with Crippen LogP contribution in [0.25, 0.3) is 0 Å². The minimum absolute atomic E-state index is 0.628. The first-order chi connectivity index (χ1) is 6.59.